The fourth-order valence-electron chi connectivity index (χ4n) is 0.525. The quantitative estimate of drug-likeness (QED) is 0.614. The molecule has 0 aliphatic heterocycles. The Bertz CT molecular complexity index is 77.6. The van der Waals surface area contributed by atoms with Crippen molar-refractivity contribution in [2.45, 2.75) is 25.7 Å². The first-order chi connectivity index (χ1) is 3.91. The zero-order chi connectivity index (χ0) is 6.24. The van der Waals surface area contributed by atoms with Crippen LogP contribution in [0.4, 0.5) is 0 Å². The largest absolute Gasteiger partial charge is 0.330 e. The molecule has 0 saturated carbocycles. The summed E-state index contributed by atoms with van der Waals surface area (Å²) in [6, 6.07) is 2.09. The van der Waals surface area contributed by atoms with Gasteiger partial charge in [-0.2, -0.15) is 5.26 Å². The number of hydrogen-bond donors (Lipinski definition) is 1. The first-order valence-corrected chi connectivity index (χ1v) is 2.99. The highest BCUT2D eigenvalue weighted by Crippen LogP contribution is 1.95. The van der Waals surface area contributed by atoms with E-state index in [1.165, 1.54) is 0 Å². The highest BCUT2D eigenvalue weighted by molar-refractivity contribution is 5.85. The summed E-state index contributed by atoms with van der Waals surface area (Å²) in [4.78, 5) is 0. The van der Waals surface area contributed by atoms with E-state index in [1.807, 2.05) is 0 Å². The molecule has 0 rings (SSSR count). The normalized spacial score (nSPS) is 7.56. The lowest BCUT2D eigenvalue weighted by molar-refractivity contribution is 0.699. The standard InChI is InChI=1S/C6H12N2.ClH/c7-5-3-1-2-4-6-8;/h1-5,7H2;1H. The number of hydrogen-bond acceptors (Lipinski definition) is 2. The molecule has 0 aromatic carbocycles. The van der Waals surface area contributed by atoms with E-state index in [2.05, 4.69) is 6.07 Å². The van der Waals surface area contributed by atoms with Crippen LogP contribution in [0.5, 0.6) is 0 Å². The summed E-state index contributed by atoms with van der Waals surface area (Å²) >= 11 is 0. The van der Waals surface area contributed by atoms with E-state index in [4.69, 9.17) is 11.0 Å². The molecule has 0 radical (unpaired) electrons. The van der Waals surface area contributed by atoms with E-state index in [0.29, 0.717) is 6.42 Å². The monoisotopic (exact) mass is 148 g/mol. The smallest absolute Gasteiger partial charge is 0.0621 e. The summed E-state index contributed by atoms with van der Waals surface area (Å²) in [6.45, 7) is 0.755. The minimum Gasteiger partial charge on any atom is -0.330 e. The van der Waals surface area contributed by atoms with E-state index in [9.17, 15) is 0 Å². The highest BCUT2D eigenvalue weighted by atomic mass is 35.5. The van der Waals surface area contributed by atoms with E-state index in [-0.39, 0.29) is 12.4 Å². The molecule has 0 bridgehead atoms. The van der Waals surface area contributed by atoms with Gasteiger partial charge in [0.05, 0.1) is 6.07 Å². The topological polar surface area (TPSA) is 49.8 Å². The summed E-state index contributed by atoms with van der Waals surface area (Å²) in [7, 11) is 0. The van der Waals surface area contributed by atoms with Crippen LogP contribution in [0.15, 0.2) is 0 Å². The maximum Gasteiger partial charge on any atom is 0.0621 e. The van der Waals surface area contributed by atoms with E-state index < -0.39 is 0 Å². The summed E-state index contributed by atoms with van der Waals surface area (Å²) in [5.41, 5.74) is 5.23. The lowest BCUT2D eigenvalue weighted by Crippen LogP contribution is -1.97. The van der Waals surface area contributed by atoms with Gasteiger partial charge in [0.15, 0.2) is 0 Å². The van der Waals surface area contributed by atoms with Gasteiger partial charge in [-0.1, -0.05) is 6.42 Å². The number of nitrogens with zero attached hydrogens (tertiary/aromatic N) is 1. The van der Waals surface area contributed by atoms with Crippen molar-refractivity contribution in [1.82, 2.24) is 0 Å². The third-order valence-corrected chi connectivity index (χ3v) is 0.993. The van der Waals surface area contributed by atoms with Crippen LogP contribution in [0.1, 0.15) is 25.7 Å². The van der Waals surface area contributed by atoms with E-state index >= 15 is 0 Å². The van der Waals surface area contributed by atoms with Gasteiger partial charge in [0, 0.05) is 6.42 Å². The van der Waals surface area contributed by atoms with Crippen LogP contribution in [0.3, 0.4) is 0 Å². The van der Waals surface area contributed by atoms with Gasteiger partial charge < -0.3 is 5.73 Å². The van der Waals surface area contributed by atoms with Gasteiger partial charge in [0.25, 0.3) is 0 Å². The van der Waals surface area contributed by atoms with Crippen molar-refractivity contribution in [1.29, 1.82) is 5.26 Å². The van der Waals surface area contributed by atoms with Crippen molar-refractivity contribution >= 4 is 12.4 Å². The highest BCUT2D eigenvalue weighted by Gasteiger charge is 1.83. The molecule has 9 heavy (non-hydrogen) atoms. The van der Waals surface area contributed by atoms with Gasteiger partial charge in [-0.3, -0.25) is 0 Å². The molecule has 54 valence electrons. The molecule has 3 heteroatoms. The van der Waals surface area contributed by atoms with Gasteiger partial charge >= 0.3 is 0 Å². The predicted molar refractivity (Wildman–Crippen MR) is 40.4 cm³/mol. The van der Waals surface area contributed by atoms with Crippen LogP contribution in [0.2, 0.25) is 0 Å². The molecule has 0 aromatic rings. The molecule has 0 spiro atoms. The lowest BCUT2D eigenvalue weighted by Gasteiger charge is -1.89. The van der Waals surface area contributed by atoms with Crippen LogP contribution in [-0.4, -0.2) is 6.54 Å². The van der Waals surface area contributed by atoms with Crippen LogP contribution in [0, 0.1) is 11.3 Å². The van der Waals surface area contributed by atoms with Crippen molar-refractivity contribution in [2.75, 3.05) is 6.54 Å². The van der Waals surface area contributed by atoms with E-state index in [0.717, 1.165) is 25.8 Å². The Hall–Kier alpha value is -0.260. The van der Waals surface area contributed by atoms with Crippen LogP contribution in [0.25, 0.3) is 0 Å². The maximum absolute atomic E-state index is 8.08. The predicted octanol–water partition coefficient (Wildman–Crippen LogP) is 1.45. The first kappa shape index (κ1) is 11.5. The van der Waals surface area contributed by atoms with Crippen molar-refractivity contribution in [2.24, 2.45) is 5.73 Å². The summed E-state index contributed by atoms with van der Waals surface area (Å²) < 4.78 is 0. The molecule has 0 aliphatic carbocycles. The Morgan fingerprint density at radius 2 is 1.89 bits per heavy atom. The van der Waals surface area contributed by atoms with E-state index in [1.54, 1.807) is 0 Å². The molecule has 0 fully saturated rings. The molecule has 0 unspecified atom stereocenters. The number of nitriles is 1. The molecule has 0 saturated heterocycles. The third kappa shape index (κ3) is 11.4. The minimum absolute atomic E-state index is 0. The summed E-state index contributed by atoms with van der Waals surface area (Å²) in [5, 5.41) is 8.08. The third-order valence-electron chi connectivity index (χ3n) is 0.993. The lowest BCUT2D eigenvalue weighted by atomic mass is 10.2. The Balaban J connectivity index is 0. The second-order valence-electron chi connectivity index (χ2n) is 1.76. The average molecular weight is 149 g/mol. The van der Waals surface area contributed by atoms with Crippen LogP contribution >= 0.6 is 12.4 Å². The van der Waals surface area contributed by atoms with Gasteiger partial charge in [0.1, 0.15) is 0 Å². The molecule has 2 N–H and O–H groups in total. The summed E-state index contributed by atoms with van der Waals surface area (Å²) in [5.74, 6) is 0. The van der Waals surface area contributed by atoms with Crippen molar-refractivity contribution in [3.05, 3.63) is 0 Å². The van der Waals surface area contributed by atoms with Gasteiger partial charge in [-0.25, -0.2) is 0 Å². The fraction of sp³-hybridized carbons (Fsp3) is 0.833. The van der Waals surface area contributed by atoms with Crippen molar-refractivity contribution < 1.29 is 0 Å². The van der Waals surface area contributed by atoms with Gasteiger partial charge in [-0.15, -0.1) is 12.4 Å². The Kier molecular flexibility index (Phi) is 13.7. The van der Waals surface area contributed by atoms with Crippen molar-refractivity contribution in [3.8, 4) is 6.07 Å². The zero-order valence-electron chi connectivity index (χ0n) is 5.47. The summed E-state index contributed by atoms with van der Waals surface area (Å²) in [6.07, 6.45) is 3.85. The first-order valence-electron chi connectivity index (χ1n) is 2.99. The number of halogens is 1. The number of nitrogens with two attached hydrogens (primary N) is 1. The van der Waals surface area contributed by atoms with Crippen LogP contribution in [-0.2, 0) is 0 Å². The molecule has 0 aromatic heterocycles. The second kappa shape index (κ2) is 10.7. The fourth-order valence-corrected chi connectivity index (χ4v) is 0.525. The molecular weight excluding hydrogens is 136 g/mol. The average Bonchev–Trinajstić information content (AvgIpc) is 1.81. The minimum atomic E-state index is 0. The Labute approximate surface area is 62.4 Å². The Morgan fingerprint density at radius 1 is 1.22 bits per heavy atom. The second-order valence-corrected chi connectivity index (χ2v) is 1.76. The number of unbranched alkanes of at least 4 members (excludes halogenated alkanes) is 3. The van der Waals surface area contributed by atoms with Crippen LogP contribution < -0.4 is 5.73 Å². The molecular formula is C6H13ClN2. The maximum atomic E-state index is 8.08. The molecule has 0 heterocycles. The van der Waals surface area contributed by atoms with Crippen molar-refractivity contribution in [3.63, 3.8) is 0 Å². The molecule has 0 atom stereocenters. The Morgan fingerprint density at radius 3 is 2.33 bits per heavy atom. The van der Waals surface area contributed by atoms with Gasteiger partial charge in [-0.05, 0) is 19.4 Å². The molecule has 2 nitrogen and oxygen atoms in total. The molecule has 0 amide bonds. The SMILES string of the molecule is Cl.N#CCCCCCN. The number of rotatable bonds is 4. The zero-order valence-corrected chi connectivity index (χ0v) is 6.28. The molecule has 0 aliphatic rings. The van der Waals surface area contributed by atoms with Gasteiger partial charge in [0.2, 0.25) is 0 Å².